The van der Waals surface area contributed by atoms with Crippen molar-refractivity contribution < 1.29 is 0 Å². The number of hydrogen-bond donors (Lipinski definition) is 2. The van der Waals surface area contributed by atoms with Gasteiger partial charge in [-0.2, -0.15) is 0 Å². The van der Waals surface area contributed by atoms with Gasteiger partial charge in [0, 0.05) is 13.1 Å². The first-order valence-electron chi connectivity index (χ1n) is 5.71. The molecular weight excluding hydrogens is 174 g/mol. The van der Waals surface area contributed by atoms with E-state index in [1.165, 1.54) is 0 Å². The first kappa shape index (κ1) is 13.9. The summed E-state index contributed by atoms with van der Waals surface area (Å²) in [6.07, 6.45) is 0. The highest BCUT2D eigenvalue weighted by atomic mass is 15.1. The van der Waals surface area contributed by atoms with E-state index in [2.05, 4.69) is 38.0 Å². The van der Waals surface area contributed by atoms with E-state index in [1.807, 2.05) is 0 Å². The summed E-state index contributed by atoms with van der Waals surface area (Å²) in [5, 5.41) is 3.46. The second-order valence-corrected chi connectivity index (χ2v) is 4.34. The molecule has 0 aromatic rings. The van der Waals surface area contributed by atoms with Crippen LogP contribution in [0.15, 0.2) is 0 Å². The quantitative estimate of drug-likeness (QED) is 0.570. The lowest BCUT2D eigenvalue weighted by Gasteiger charge is -2.20. The van der Waals surface area contributed by atoms with Crippen molar-refractivity contribution in [3.05, 3.63) is 0 Å². The molecule has 3 heteroatoms. The molecule has 0 aromatic heterocycles. The molecule has 3 nitrogen and oxygen atoms in total. The van der Waals surface area contributed by atoms with Gasteiger partial charge in [0.2, 0.25) is 0 Å². The molecule has 0 aliphatic rings. The van der Waals surface area contributed by atoms with Crippen molar-refractivity contribution >= 4 is 0 Å². The van der Waals surface area contributed by atoms with Gasteiger partial charge in [-0.25, -0.2) is 0 Å². The minimum Gasteiger partial charge on any atom is -0.330 e. The summed E-state index contributed by atoms with van der Waals surface area (Å²) in [5.41, 5.74) is 5.69. The minimum absolute atomic E-state index is 0.613. The maximum Gasteiger partial charge on any atom is 0.0104 e. The third-order valence-corrected chi connectivity index (χ3v) is 2.86. The fourth-order valence-corrected chi connectivity index (χ4v) is 1.31. The Morgan fingerprint density at radius 1 is 1.36 bits per heavy atom. The highest BCUT2D eigenvalue weighted by Crippen LogP contribution is 2.06. The van der Waals surface area contributed by atoms with Crippen molar-refractivity contribution in [2.24, 2.45) is 17.6 Å². The van der Waals surface area contributed by atoms with Crippen LogP contribution in [-0.2, 0) is 0 Å². The number of nitrogens with zero attached hydrogens (tertiary/aromatic N) is 1. The Bertz CT molecular complexity index is 126. The van der Waals surface area contributed by atoms with Gasteiger partial charge in [-0.3, -0.25) is 0 Å². The van der Waals surface area contributed by atoms with Crippen molar-refractivity contribution in [3.8, 4) is 0 Å². The number of rotatable bonds is 8. The smallest absolute Gasteiger partial charge is 0.0104 e. The lowest BCUT2D eigenvalue weighted by atomic mass is 9.96. The molecule has 1 unspecified atom stereocenters. The zero-order valence-electron chi connectivity index (χ0n) is 10.2. The van der Waals surface area contributed by atoms with E-state index in [9.17, 15) is 0 Å². The maximum atomic E-state index is 5.69. The molecule has 14 heavy (non-hydrogen) atoms. The molecule has 0 amide bonds. The molecule has 0 saturated heterocycles. The molecule has 0 rings (SSSR count). The van der Waals surface area contributed by atoms with Crippen molar-refractivity contribution in [1.29, 1.82) is 0 Å². The van der Waals surface area contributed by atoms with Crippen LogP contribution in [0.3, 0.4) is 0 Å². The van der Waals surface area contributed by atoms with Crippen molar-refractivity contribution in [1.82, 2.24) is 10.2 Å². The highest BCUT2D eigenvalue weighted by molar-refractivity contribution is 4.67. The number of likely N-dealkylation sites (N-methyl/N-ethyl adjacent to an activating group) is 1. The van der Waals surface area contributed by atoms with Gasteiger partial charge in [-0.05, 0) is 38.5 Å². The van der Waals surface area contributed by atoms with Crippen LogP contribution in [0.25, 0.3) is 0 Å². The van der Waals surface area contributed by atoms with E-state index in [4.69, 9.17) is 5.73 Å². The Labute approximate surface area is 89.0 Å². The van der Waals surface area contributed by atoms with Crippen molar-refractivity contribution in [2.75, 3.05) is 39.8 Å². The van der Waals surface area contributed by atoms with E-state index in [0.717, 1.165) is 32.7 Å². The zero-order chi connectivity index (χ0) is 11.0. The fraction of sp³-hybridized carbons (Fsp3) is 1.00. The maximum absolute atomic E-state index is 5.69. The Morgan fingerprint density at radius 2 is 2.00 bits per heavy atom. The summed E-state index contributed by atoms with van der Waals surface area (Å²) in [4.78, 5) is 2.31. The second kappa shape index (κ2) is 8.21. The van der Waals surface area contributed by atoms with Gasteiger partial charge in [0.1, 0.15) is 0 Å². The highest BCUT2D eigenvalue weighted by Gasteiger charge is 2.10. The Kier molecular flexibility index (Phi) is 8.14. The molecule has 0 heterocycles. The summed E-state index contributed by atoms with van der Waals surface area (Å²) in [7, 11) is 2.14. The van der Waals surface area contributed by atoms with Gasteiger partial charge in [0.25, 0.3) is 0 Å². The standard InChI is InChI=1S/C11H27N3/c1-5-14(4)7-6-13-9-11(8-12)10(2)3/h10-11,13H,5-9,12H2,1-4H3. The monoisotopic (exact) mass is 201 g/mol. The van der Waals surface area contributed by atoms with Crippen LogP contribution >= 0.6 is 0 Å². The zero-order valence-corrected chi connectivity index (χ0v) is 10.2. The Hall–Kier alpha value is -0.120. The molecule has 0 aliphatic carbocycles. The topological polar surface area (TPSA) is 41.3 Å². The SMILES string of the molecule is CCN(C)CCNCC(CN)C(C)C. The summed E-state index contributed by atoms with van der Waals surface area (Å²) < 4.78 is 0. The molecule has 0 bridgehead atoms. The average Bonchev–Trinajstić information content (AvgIpc) is 2.16. The van der Waals surface area contributed by atoms with Crippen LogP contribution in [0.1, 0.15) is 20.8 Å². The molecule has 1 atom stereocenters. The lowest BCUT2D eigenvalue weighted by molar-refractivity contribution is 0.326. The van der Waals surface area contributed by atoms with E-state index in [1.54, 1.807) is 0 Å². The summed E-state index contributed by atoms with van der Waals surface area (Å²) >= 11 is 0. The molecule has 3 N–H and O–H groups in total. The molecule has 0 radical (unpaired) electrons. The number of nitrogens with two attached hydrogens (primary N) is 1. The van der Waals surface area contributed by atoms with Gasteiger partial charge in [-0.1, -0.05) is 20.8 Å². The van der Waals surface area contributed by atoms with Crippen LogP contribution in [0.2, 0.25) is 0 Å². The van der Waals surface area contributed by atoms with Crippen LogP contribution in [0.5, 0.6) is 0 Å². The average molecular weight is 201 g/mol. The largest absolute Gasteiger partial charge is 0.330 e. The van der Waals surface area contributed by atoms with Gasteiger partial charge in [0.05, 0.1) is 0 Å². The first-order chi connectivity index (χ1) is 6.61. The van der Waals surface area contributed by atoms with Crippen LogP contribution in [0, 0.1) is 11.8 Å². The third-order valence-electron chi connectivity index (χ3n) is 2.86. The second-order valence-electron chi connectivity index (χ2n) is 4.34. The van der Waals surface area contributed by atoms with E-state index in [0.29, 0.717) is 11.8 Å². The predicted octanol–water partition coefficient (Wildman–Crippen LogP) is 0.759. The summed E-state index contributed by atoms with van der Waals surface area (Å²) in [5.74, 6) is 1.29. The van der Waals surface area contributed by atoms with Gasteiger partial charge >= 0.3 is 0 Å². The Balaban J connectivity index is 3.42. The molecule has 0 saturated carbocycles. The first-order valence-corrected chi connectivity index (χ1v) is 5.71. The number of nitrogens with one attached hydrogen (secondary N) is 1. The number of hydrogen-bond acceptors (Lipinski definition) is 3. The molecule has 0 spiro atoms. The van der Waals surface area contributed by atoms with Gasteiger partial charge in [-0.15, -0.1) is 0 Å². The fourth-order valence-electron chi connectivity index (χ4n) is 1.31. The Morgan fingerprint density at radius 3 is 2.43 bits per heavy atom. The predicted molar refractivity (Wildman–Crippen MR) is 63.4 cm³/mol. The minimum atomic E-state index is 0.613. The van der Waals surface area contributed by atoms with E-state index >= 15 is 0 Å². The van der Waals surface area contributed by atoms with Gasteiger partial charge in [0.15, 0.2) is 0 Å². The molecule has 86 valence electrons. The third kappa shape index (κ3) is 6.35. The van der Waals surface area contributed by atoms with E-state index < -0.39 is 0 Å². The summed E-state index contributed by atoms with van der Waals surface area (Å²) in [6.45, 7) is 11.8. The molecule has 0 aromatic carbocycles. The van der Waals surface area contributed by atoms with Gasteiger partial charge < -0.3 is 16.0 Å². The normalized spacial score (nSPS) is 13.9. The van der Waals surface area contributed by atoms with Crippen LogP contribution in [0.4, 0.5) is 0 Å². The summed E-state index contributed by atoms with van der Waals surface area (Å²) in [6, 6.07) is 0. The van der Waals surface area contributed by atoms with Crippen molar-refractivity contribution in [3.63, 3.8) is 0 Å². The van der Waals surface area contributed by atoms with Crippen LogP contribution < -0.4 is 11.1 Å². The van der Waals surface area contributed by atoms with Crippen molar-refractivity contribution in [2.45, 2.75) is 20.8 Å². The molecular formula is C11H27N3. The van der Waals surface area contributed by atoms with E-state index in [-0.39, 0.29) is 0 Å². The lowest BCUT2D eigenvalue weighted by Crippen LogP contribution is -2.35. The van der Waals surface area contributed by atoms with Crippen LogP contribution in [-0.4, -0.2) is 44.7 Å². The molecule has 0 fully saturated rings. The molecule has 0 aliphatic heterocycles.